The molecular weight excluding hydrogens is 367 g/mol. The Labute approximate surface area is 168 Å². The van der Waals surface area contributed by atoms with Crippen LogP contribution in [0, 0.1) is 12.7 Å². The smallest absolute Gasteiger partial charge is 0.248 e. The summed E-state index contributed by atoms with van der Waals surface area (Å²) in [5, 5.41) is 2.61. The third kappa shape index (κ3) is 5.62. The maximum absolute atomic E-state index is 13.1. The Hall–Kier alpha value is -3.73. The van der Waals surface area contributed by atoms with E-state index < -0.39 is 5.82 Å². The molecule has 5 heteroatoms. The molecule has 4 nitrogen and oxygen atoms in total. The fraction of sp³-hybridized carbons (Fsp3) is 0.0833. The van der Waals surface area contributed by atoms with E-state index in [-0.39, 0.29) is 23.8 Å². The highest BCUT2D eigenvalue weighted by atomic mass is 19.1. The van der Waals surface area contributed by atoms with Crippen molar-refractivity contribution in [3.05, 3.63) is 101 Å². The molecule has 0 saturated carbocycles. The number of ketones is 1. The van der Waals surface area contributed by atoms with Crippen molar-refractivity contribution in [3.8, 4) is 0 Å². The van der Waals surface area contributed by atoms with Crippen LogP contribution in [0.3, 0.4) is 0 Å². The number of carbonyl (C=O) groups is 2. The van der Waals surface area contributed by atoms with Crippen LogP contribution in [-0.2, 0) is 11.2 Å². The van der Waals surface area contributed by atoms with Crippen molar-refractivity contribution in [2.45, 2.75) is 13.3 Å². The minimum atomic E-state index is -0.465. The van der Waals surface area contributed by atoms with Gasteiger partial charge in [0.2, 0.25) is 5.91 Å². The highest BCUT2D eigenvalue weighted by Crippen LogP contribution is 2.19. The summed E-state index contributed by atoms with van der Waals surface area (Å²) >= 11 is 0. The number of carbonyl (C=O) groups excluding carboxylic acids is 2. The van der Waals surface area contributed by atoms with Crippen molar-refractivity contribution < 1.29 is 14.0 Å². The number of rotatable bonds is 6. The zero-order valence-corrected chi connectivity index (χ0v) is 16.0. The van der Waals surface area contributed by atoms with Gasteiger partial charge in [-0.05, 0) is 42.3 Å². The molecule has 1 amide bonds. The van der Waals surface area contributed by atoms with Gasteiger partial charge in [-0.1, -0.05) is 54.1 Å². The van der Waals surface area contributed by atoms with Gasteiger partial charge in [0.25, 0.3) is 0 Å². The molecule has 0 aromatic heterocycles. The van der Waals surface area contributed by atoms with Crippen molar-refractivity contribution in [2.75, 3.05) is 11.1 Å². The molecule has 0 aliphatic carbocycles. The van der Waals surface area contributed by atoms with Crippen LogP contribution in [0.5, 0.6) is 0 Å². The first-order valence-electron chi connectivity index (χ1n) is 9.13. The SMILES string of the molecule is Cc1ccc(C(=O)Cc2cccc(/C=C/C(=O)Nc3ccc(F)cc3N)c2)cc1. The van der Waals surface area contributed by atoms with Crippen molar-refractivity contribution in [3.63, 3.8) is 0 Å². The van der Waals surface area contributed by atoms with E-state index >= 15 is 0 Å². The molecule has 29 heavy (non-hydrogen) atoms. The zero-order valence-electron chi connectivity index (χ0n) is 16.0. The summed E-state index contributed by atoms with van der Waals surface area (Å²) in [4.78, 5) is 24.5. The summed E-state index contributed by atoms with van der Waals surface area (Å²) in [6.07, 6.45) is 3.29. The monoisotopic (exact) mass is 388 g/mol. The first-order valence-corrected chi connectivity index (χ1v) is 9.13. The van der Waals surface area contributed by atoms with Gasteiger partial charge in [-0.3, -0.25) is 9.59 Å². The molecule has 3 N–H and O–H groups in total. The standard InChI is InChI=1S/C24H21FN2O2/c1-16-5-8-19(9-6-16)23(28)14-18-4-2-3-17(13-18)7-12-24(29)27-22-11-10-20(25)15-21(22)26/h2-13,15H,14,26H2,1H3,(H,27,29)/b12-7+. The van der Waals surface area contributed by atoms with Gasteiger partial charge in [-0.25, -0.2) is 4.39 Å². The van der Waals surface area contributed by atoms with Gasteiger partial charge in [0.05, 0.1) is 11.4 Å². The lowest BCUT2D eigenvalue weighted by Gasteiger charge is -2.06. The third-order valence-electron chi connectivity index (χ3n) is 4.39. The second kappa shape index (κ2) is 8.97. The zero-order chi connectivity index (χ0) is 20.8. The molecule has 0 aliphatic rings. The summed E-state index contributed by atoms with van der Waals surface area (Å²) in [6.45, 7) is 1.98. The lowest BCUT2D eigenvalue weighted by molar-refractivity contribution is -0.111. The summed E-state index contributed by atoms with van der Waals surface area (Å²) in [6, 6.07) is 18.7. The third-order valence-corrected chi connectivity index (χ3v) is 4.39. The van der Waals surface area contributed by atoms with E-state index in [1.807, 2.05) is 55.5 Å². The number of nitrogens with one attached hydrogen (secondary N) is 1. The van der Waals surface area contributed by atoms with Gasteiger partial charge in [0, 0.05) is 18.1 Å². The molecule has 3 rings (SSSR count). The van der Waals surface area contributed by atoms with E-state index in [0.29, 0.717) is 11.3 Å². The van der Waals surface area contributed by atoms with Crippen LogP contribution in [0.4, 0.5) is 15.8 Å². The Morgan fingerprint density at radius 1 is 1.03 bits per heavy atom. The first-order chi connectivity index (χ1) is 13.9. The Kier molecular flexibility index (Phi) is 6.19. The fourth-order valence-electron chi connectivity index (χ4n) is 2.83. The molecule has 0 unspecified atom stereocenters. The quantitative estimate of drug-likeness (QED) is 0.362. The largest absolute Gasteiger partial charge is 0.397 e. The molecular formula is C24H21FN2O2. The van der Waals surface area contributed by atoms with Gasteiger partial charge < -0.3 is 11.1 Å². The number of anilines is 2. The number of aryl methyl sites for hydroxylation is 1. The molecule has 0 heterocycles. The van der Waals surface area contributed by atoms with Gasteiger partial charge in [0.1, 0.15) is 5.82 Å². The summed E-state index contributed by atoms with van der Waals surface area (Å²) in [5.74, 6) is -0.812. The number of benzene rings is 3. The van der Waals surface area contributed by atoms with Gasteiger partial charge >= 0.3 is 0 Å². The molecule has 0 atom stereocenters. The number of halogens is 1. The lowest BCUT2D eigenvalue weighted by atomic mass is 10.0. The number of amides is 1. The van der Waals surface area contributed by atoms with Crippen molar-refractivity contribution in [2.24, 2.45) is 0 Å². The molecule has 0 aliphatic heterocycles. The van der Waals surface area contributed by atoms with Crippen LogP contribution in [0.2, 0.25) is 0 Å². The molecule has 0 saturated heterocycles. The number of Topliss-reactive ketones (excluding diaryl/α,β-unsaturated/α-hetero) is 1. The first kappa shape index (κ1) is 20.0. The van der Waals surface area contributed by atoms with Crippen molar-refractivity contribution in [1.29, 1.82) is 0 Å². The highest BCUT2D eigenvalue weighted by molar-refractivity contribution is 6.03. The van der Waals surface area contributed by atoms with Crippen molar-refractivity contribution in [1.82, 2.24) is 0 Å². The summed E-state index contributed by atoms with van der Waals surface area (Å²) < 4.78 is 13.1. The van der Waals surface area contributed by atoms with E-state index in [1.54, 1.807) is 6.08 Å². The van der Waals surface area contributed by atoms with Gasteiger partial charge in [-0.15, -0.1) is 0 Å². The molecule has 0 fully saturated rings. The second-order valence-electron chi connectivity index (χ2n) is 6.77. The predicted molar refractivity (Wildman–Crippen MR) is 114 cm³/mol. The molecule has 0 spiro atoms. The van der Waals surface area contributed by atoms with Crippen molar-refractivity contribution >= 4 is 29.1 Å². The van der Waals surface area contributed by atoms with E-state index in [4.69, 9.17) is 5.73 Å². The maximum Gasteiger partial charge on any atom is 0.248 e. The maximum atomic E-state index is 13.1. The van der Waals surface area contributed by atoms with E-state index in [2.05, 4.69) is 5.32 Å². The minimum Gasteiger partial charge on any atom is -0.397 e. The Morgan fingerprint density at radius 3 is 2.52 bits per heavy atom. The molecule has 3 aromatic rings. The van der Waals surface area contributed by atoms with Crippen LogP contribution < -0.4 is 11.1 Å². The minimum absolute atomic E-state index is 0.0376. The number of hydrogen-bond donors (Lipinski definition) is 2. The topological polar surface area (TPSA) is 72.2 Å². The van der Waals surface area contributed by atoms with Crippen LogP contribution in [-0.4, -0.2) is 11.7 Å². The Bertz CT molecular complexity index is 1070. The summed E-state index contributed by atoms with van der Waals surface area (Å²) in [7, 11) is 0. The van der Waals surface area contributed by atoms with E-state index in [1.165, 1.54) is 18.2 Å². The number of nitrogens with two attached hydrogens (primary N) is 1. The average molecular weight is 388 g/mol. The average Bonchev–Trinajstić information content (AvgIpc) is 2.69. The molecule has 146 valence electrons. The molecule has 0 radical (unpaired) electrons. The van der Waals surface area contributed by atoms with E-state index in [0.717, 1.165) is 22.8 Å². The second-order valence-corrected chi connectivity index (χ2v) is 6.77. The molecule has 3 aromatic carbocycles. The Balaban J connectivity index is 1.65. The summed E-state index contributed by atoms with van der Waals surface area (Å²) in [5.41, 5.74) is 9.63. The lowest BCUT2D eigenvalue weighted by Crippen LogP contribution is -2.09. The van der Waals surface area contributed by atoms with Gasteiger partial charge in [-0.2, -0.15) is 0 Å². The Morgan fingerprint density at radius 2 is 1.79 bits per heavy atom. The van der Waals surface area contributed by atoms with Crippen LogP contribution in [0.15, 0.2) is 72.8 Å². The van der Waals surface area contributed by atoms with Crippen LogP contribution in [0.1, 0.15) is 27.0 Å². The molecule has 0 bridgehead atoms. The van der Waals surface area contributed by atoms with Gasteiger partial charge in [0.15, 0.2) is 5.78 Å². The fourth-order valence-corrected chi connectivity index (χ4v) is 2.83. The number of nitrogen functional groups attached to an aromatic ring is 1. The normalized spacial score (nSPS) is 10.8. The van der Waals surface area contributed by atoms with Crippen LogP contribution >= 0.6 is 0 Å². The van der Waals surface area contributed by atoms with E-state index in [9.17, 15) is 14.0 Å². The highest BCUT2D eigenvalue weighted by Gasteiger charge is 2.07. The van der Waals surface area contributed by atoms with Crippen LogP contribution in [0.25, 0.3) is 6.08 Å². The predicted octanol–water partition coefficient (Wildman–Crippen LogP) is 4.79. The number of hydrogen-bond acceptors (Lipinski definition) is 3.